The summed E-state index contributed by atoms with van der Waals surface area (Å²) in [6.45, 7) is 0. The average molecular weight is 264 g/mol. The van der Waals surface area contributed by atoms with Gasteiger partial charge >= 0.3 is 0 Å². The van der Waals surface area contributed by atoms with Gasteiger partial charge in [-0.25, -0.2) is 9.67 Å². The van der Waals surface area contributed by atoms with Crippen LogP contribution < -0.4 is 5.56 Å². The second kappa shape index (κ2) is 4.08. The van der Waals surface area contributed by atoms with Crippen LogP contribution in [0.4, 0.5) is 0 Å². The Hall–Kier alpha value is -2.48. The summed E-state index contributed by atoms with van der Waals surface area (Å²) in [5, 5.41) is 10.4. The number of hydrogen-bond donors (Lipinski definition) is 1. The van der Waals surface area contributed by atoms with E-state index in [1.807, 2.05) is 0 Å². The highest BCUT2D eigenvalue weighted by atomic mass is 35.5. The minimum absolute atomic E-state index is 0.166. The summed E-state index contributed by atoms with van der Waals surface area (Å²) >= 11 is 5.75. The predicted octanol–water partition coefficient (Wildman–Crippen LogP) is 0.190. The third kappa shape index (κ3) is 1.68. The molecule has 0 fully saturated rings. The molecule has 18 heavy (non-hydrogen) atoms. The lowest BCUT2D eigenvalue weighted by atomic mass is 10.5. The van der Waals surface area contributed by atoms with E-state index in [4.69, 9.17) is 11.6 Å². The molecule has 9 heteroatoms. The van der Waals surface area contributed by atoms with Crippen LogP contribution in [0.25, 0.3) is 11.6 Å². The van der Waals surface area contributed by atoms with Crippen LogP contribution in [0.5, 0.6) is 0 Å². The number of hydrogen-bond acceptors (Lipinski definition) is 5. The molecule has 0 atom stereocenters. The normalized spacial score (nSPS) is 10.7. The van der Waals surface area contributed by atoms with Gasteiger partial charge in [0, 0.05) is 6.20 Å². The van der Waals surface area contributed by atoms with E-state index in [2.05, 4.69) is 25.4 Å². The molecule has 1 N–H and O–H groups in total. The maximum absolute atomic E-state index is 12.1. The predicted molar refractivity (Wildman–Crippen MR) is 61.9 cm³/mol. The largest absolute Gasteiger partial charge is 0.299 e. The summed E-state index contributed by atoms with van der Waals surface area (Å²) in [7, 11) is 0. The Balaban J connectivity index is 2.13. The van der Waals surface area contributed by atoms with E-state index in [1.54, 1.807) is 6.20 Å². The van der Waals surface area contributed by atoms with Crippen molar-refractivity contribution in [2.24, 2.45) is 0 Å². The fourth-order valence-corrected chi connectivity index (χ4v) is 1.58. The van der Waals surface area contributed by atoms with Crippen molar-refractivity contribution in [1.29, 1.82) is 0 Å². The molecule has 0 unspecified atom stereocenters. The van der Waals surface area contributed by atoms with Gasteiger partial charge in [0.15, 0.2) is 5.69 Å². The third-order valence-corrected chi connectivity index (χ3v) is 2.44. The highest BCUT2D eigenvalue weighted by Gasteiger charge is 2.11. The Morgan fingerprint density at radius 3 is 2.94 bits per heavy atom. The van der Waals surface area contributed by atoms with Gasteiger partial charge in [-0.2, -0.15) is 9.67 Å². The van der Waals surface area contributed by atoms with Crippen molar-refractivity contribution < 1.29 is 0 Å². The molecule has 0 amide bonds. The molecule has 0 aliphatic carbocycles. The van der Waals surface area contributed by atoms with Crippen LogP contribution in [0.1, 0.15) is 0 Å². The van der Waals surface area contributed by atoms with Crippen LogP contribution in [0.3, 0.4) is 0 Å². The first kappa shape index (κ1) is 10.7. The van der Waals surface area contributed by atoms with Gasteiger partial charge in [-0.1, -0.05) is 16.8 Å². The molecule has 0 spiro atoms. The van der Waals surface area contributed by atoms with Crippen LogP contribution in [-0.2, 0) is 0 Å². The summed E-state index contributed by atoms with van der Waals surface area (Å²) in [5.41, 5.74) is -0.0288. The molecule has 0 bridgehead atoms. The minimum Gasteiger partial charge on any atom is -0.293 e. The minimum atomic E-state index is -0.345. The Labute approximate surface area is 105 Å². The molecule has 3 heterocycles. The SMILES string of the molecule is O=c1c(-n2ccnn2)c[nH]n1-c1nccc(Cl)n1. The molecule has 3 aromatic heterocycles. The third-order valence-electron chi connectivity index (χ3n) is 2.23. The van der Waals surface area contributed by atoms with Crippen LogP contribution in [0.15, 0.2) is 35.6 Å². The van der Waals surface area contributed by atoms with Gasteiger partial charge in [0.1, 0.15) is 5.15 Å². The first-order valence-electron chi connectivity index (χ1n) is 4.92. The Morgan fingerprint density at radius 2 is 2.22 bits per heavy atom. The lowest BCUT2D eigenvalue weighted by molar-refractivity contribution is 0.769. The van der Waals surface area contributed by atoms with E-state index in [9.17, 15) is 4.79 Å². The summed E-state index contributed by atoms with van der Waals surface area (Å²) in [6.07, 6.45) is 5.99. The van der Waals surface area contributed by atoms with Crippen LogP contribution in [0, 0.1) is 0 Å². The first-order valence-corrected chi connectivity index (χ1v) is 5.29. The van der Waals surface area contributed by atoms with E-state index in [0.29, 0.717) is 5.69 Å². The Morgan fingerprint density at radius 1 is 1.33 bits per heavy atom. The number of halogens is 1. The van der Waals surface area contributed by atoms with Crippen molar-refractivity contribution >= 4 is 11.6 Å². The number of aromatic nitrogens is 7. The lowest BCUT2D eigenvalue weighted by Gasteiger charge is -1.98. The topological polar surface area (TPSA) is 94.3 Å². The fourth-order valence-electron chi connectivity index (χ4n) is 1.44. The van der Waals surface area contributed by atoms with Crippen molar-refractivity contribution in [3.63, 3.8) is 0 Å². The van der Waals surface area contributed by atoms with E-state index in [-0.39, 0.29) is 16.7 Å². The highest BCUT2D eigenvalue weighted by molar-refractivity contribution is 6.29. The van der Waals surface area contributed by atoms with Crippen molar-refractivity contribution in [2.75, 3.05) is 0 Å². The van der Waals surface area contributed by atoms with Crippen LogP contribution in [-0.4, -0.2) is 34.7 Å². The molecule has 0 aromatic carbocycles. The summed E-state index contributed by atoms with van der Waals surface area (Å²) in [4.78, 5) is 20.0. The van der Waals surface area contributed by atoms with Gasteiger partial charge < -0.3 is 0 Å². The van der Waals surface area contributed by atoms with Crippen molar-refractivity contribution in [2.45, 2.75) is 0 Å². The zero-order valence-electron chi connectivity index (χ0n) is 8.86. The maximum Gasteiger partial charge on any atom is 0.299 e. The average Bonchev–Trinajstić information content (AvgIpc) is 2.97. The van der Waals surface area contributed by atoms with Gasteiger partial charge in [-0.3, -0.25) is 9.89 Å². The monoisotopic (exact) mass is 263 g/mol. The molecular formula is C9H6ClN7O. The van der Waals surface area contributed by atoms with Crippen molar-refractivity contribution in [3.05, 3.63) is 46.4 Å². The second-order valence-electron chi connectivity index (χ2n) is 3.33. The number of rotatable bonds is 2. The van der Waals surface area contributed by atoms with Gasteiger partial charge in [0.25, 0.3) is 11.5 Å². The van der Waals surface area contributed by atoms with E-state index >= 15 is 0 Å². The van der Waals surface area contributed by atoms with Gasteiger partial charge in [-0.05, 0) is 6.07 Å². The Kier molecular flexibility index (Phi) is 2.41. The van der Waals surface area contributed by atoms with Crippen molar-refractivity contribution in [1.82, 2.24) is 34.7 Å². The zero-order valence-corrected chi connectivity index (χ0v) is 9.61. The summed E-state index contributed by atoms with van der Waals surface area (Å²) < 4.78 is 2.52. The molecule has 90 valence electrons. The number of aromatic amines is 1. The number of nitrogens with zero attached hydrogens (tertiary/aromatic N) is 6. The molecule has 3 aromatic rings. The van der Waals surface area contributed by atoms with E-state index in [0.717, 1.165) is 0 Å². The second-order valence-corrected chi connectivity index (χ2v) is 3.71. The molecule has 0 aliphatic heterocycles. The van der Waals surface area contributed by atoms with Crippen molar-refractivity contribution in [3.8, 4) is 11.6 Å². The van der Waals surface area contributed by atoms with Gasteiger partial charge in [0.2, 0.25) is 0 Å². The number of H-pyrrole nitrogens is 1. The van der Waals surface area contributed by atoms with Crippen LogP contribution >= 0.6 is 11.6 Å². The lowest BCUT2D eigenvalue weighted by Crippen LogP contribution is -2.20. The Bertz CT molecular complexity index is 729. The molecule has 3 rings (SSSR count). The quantitative estimate of drug-likeness (QED) is 0.666. The molecule has 0 radical (unpaired) electrons. The zero-order chi connectivity index (χ0) is 12.5. The van der Waals surface area contributed by atoms with Gasteiger partial charge in [0.05, 0.1) is 18.6 Å². The number of nitrogens with one attached hydrogen (secondary N) is 1. The standard InChI is InChI=1S/C9H6ClN7O/c10-7-1-2-11-9(14-7)17-8(18)6(5-13-17)16-4-3-12-15-16/h1-5,13H. The molecule has 0 saturated carbocycles. The first-order chi connectivity index (χ1) is 8.75. The van der Waals surface area contributed by atoms with E-state index < -0.39 is 0 Å². The summed E-state index contributed by atoms with van der Waals surface area (Å²) in [5.74, 6) is 0.166. The highest BCUT2D eigenvalue weighted by Crippen LogP contribution is 2.05. The molecule has 0 saturated heterocycles. The fraction of sp³-hybridized carbons (Fsp3) is 0. The van der Waals surface area contributed by atoms with E-state index in [1.165, 1.54) is 34.0 Å². The molecular weight excluding hydrogens is 258 g/mol. The summed E-state index contributed by atoms with van der Waals surface area (Å²) in [6, 6.07) is 1.53. The maximum atomic E-state index is 12.1. The molecule has 8 nitrogen and oxygen atoms in total. The molecule has 0 aliphatic rings. The van der Waals surface area contributed by atoms with Crippen LogP contribution in [0.2, 0.25) is 5.15 Å². The van der Waals surface area contributed by atoms with Gasteiger partial charge in [-0.15, -0.1) is 5.10 Å². The smallest absolute Gasteiger partial charge is 0.293 e.